The molecule has 0 saturated heterocycles. The summed E-state index contributed by atoms with van der Waals surface area (Å²) < 4.78 is 6.97. The lowest BCUT2D eigenvalue weighted by molar-refractivity contribution is 0.102. The SMILES string of the molecule is C=Cc1c(Cl)cn(-c2ccc(C(=O)Nc3ccc4c(c3)B(O)OC4)c(Cl)c2)c1/N=C\C. The average molecular weight is 454 g/mol. The first-order valence-electron chi connectivity index (χ1n) is 9.48. The molecule has 0 spiro atoms. The van der Waals surface area contributed by atoms with Crippen molar-refractivity contribution in [2.24, 2.45) is 4.99 Å². The lowest BCUT2D eigenvalue weighted by Crippen LogP contribution is -2.28. The van der Waals surface area contributed by atoms with E-state index < -0.39 is 7.12 Å². The summed E-state index contributed by atoms with van der Waals surface area (Å²) in [6, 6.07) is 10.3. The number of carbonyl (C=O) groups is 1. The molecule has 0 unspecified atom stereocenters. The van der Waals surface area contributed by atoms with Gasteiger partial charge in [0.2, 0.25) is 0 Å². The molecule has 1 aliphatic rings. The van der Waals surface area contributed by atoms with Gasteiger partial charge in [0.1, 0.15) is 5.82 Å². The first kappa shape index (κ1) is 21.4. The zero-order valence-electron chi connectivity index (χ0n) is 16.6. The van der Waals surface area contributed by atoms with E-state index in [1.807, 2.05) is 13.0 Å². The standard InChI is InChI=1S/C22H18BCl2N3O3/c1-3-16-20(25)11-28(21(16)26-4-2)15-7-8-17(19(24)10-15)22(29)27-14-6-5-13-12-31-23(30)18(13)9-14/h3-11,30H,1,12H2,2H3,(H,27,29)/b26-4-. The Morgan fingerprint density at radius 3 is 2.81 bits per heavy atom. The fraction of sp³-hybridized carbons (Fsp3) is 0.0909. The Balaban J connectivity index is 1.62. The van der Waals surface area contributed by atoms with E-state index in [0.717, 1.165) is 5.56 Å². The molecule has 1 amide bonds. The van der Waals surface area contributed by atoms with Gasteiger partial charge in [-0.1, -0.05) is 41.9 Å². The Hall–Kier alpha value is -2.84. The highest BCUT2D eigenvalue weighted by Gasteiger charge is 2.27. The largest absolute Gasteiger partial charge is 0.491 e. The van der Waals surface area contributed by atoms with Gasteiger partial charge in [0.05, 0.1) is 22.2 Å². The van der Waals surface area contributed by atoms with Crippen LogP contribution in [0.3, 0.4) is 0 Å². The van der Waals surface area contributed by atoms with Crippen LogP contribution in [0.5, 0.6) is 0 Å². The van der Waals surface area contributed by atoms with Crippen LogP contribution in [0.25, 0.3) is 11.8 Å². The van der Waals surface area contributed by atoms with Crippen LogP contribution in [0, 0.1) is 0 Å². The van der Waals surface area contributed by atoms with E-state index in [9.17, 15) is 9.82 Å². The van der Waals surface area contributed by atoms with Gasteiger partial charge in [-0.3, -0.25) is 9.36 Å². The minimum absolute atomic E-state index is 0.274. The number of halogens is 2. The first-order chi connectivity index (χ1) is 14.9. The van der Waals surface area contributed by atoms with Crippen LogP contribution in [0.2, 0.25) is 10.0 Å². The van der Waals surface area contributed by atoms with Crippen molar-refractivity contribution in [3.63, 3.8) is 0 Å². The lowest BCUT2D eigenvalue weighted by Gasteiger charge is -2.11. The summed E-state index contributed by atoms with van der Waals surface area (Å²) in [5.41, 5.74) is 3.80. The maximum Gasteiger partial charge on any atom is 0.491 e. The van der Waals surface area contributed by atoms with Crippen LogP contribution in [-0.2, 0) is 11.3 Å². The maximum absolute atomic E-state index is 12.8. The molecular formula is C22H18BCl2N3O3. The molecule has 0 atom stereocenters. The minimum atomic E-state index is -0.983. The van der Waals surface area contributed by atoms with E-state index in [-0.39, 0.29) is 10.9 Å². The van der Waals surface area contributed by atoms with Gasteiger partial charge in [-0.2, -0.15) is 0 Å². The Morgan fingerprint density at radius 2 is 2.10 bits per heavy atom. The number of nitrogens with zero attached hydrogens (tertiary/aromatic N) is 2. The molecule has 156 valence electrons. The summed E-state index contributed by atoms with van der Waals surface area (Å²) in [5, 5.41) is 13.4. The number of hydrogen-bond acceptors (Lipinski definition) is 4. The van der Waals surface area contributed by atoms with Crippen molar-refractivity contribution in [2.45, 2.75) is 13.5 Å². The highest BCUT2D eigenvalue weighted by molar-refractivity contribution is 6.61. The van der Waals surface area contributed by atoms with Crippen molar-refractivity contribution in [2.75, 3.05) is 5.32 Å². The van der Waals surface area contributed by atoms with Gasteiger partial charge < -0.3 is 15.0 Å². The molecule has 2 aromatic carbocycles. The molecule has 31 heavy (non-hydrogen) atoms. The van der Waals surface area contributed by atoms with E-state index in [2.05, 4.69) is 16.9 Å². The number of hydrogen-bond donors (Lipinski definition) is 2. The molecule has 3 aromatic rings. The first-order valence-corrected chi connectivity index (χ1v) is 10.2. The summed E-state index contributed by atoms with van der Waals surface area (Å²) in [7, 11) is -0.983. The van der Waals surface area contributed by atoms with Gasteiger partial charge in [0.15, 0.2) is 0 Å². The number of aromatic nitrogens is 1. The van der Waals surface area contributed by atoms with Crippen molar-refractivity contribution < 1.29 is 14.5 Å². The predicted octanol–water partition coefficient (Wildman–Crippen LogP) is 4.62. The quantitative estimate of drug-likeness (QED) is 0.437. The number of anilines is 1. The highest BCUT2D eigenvalue weighted by Crippen LogP contribution is 2.34. The summed E-state index contributed by atoms with van der Waals surface area (Å²) in [6.45, 7) is 5.94. The predicted molar refractivity (Wildman–Crippen MR) is 126 cm³/mol. The second kappa shape index (κ2) is 8.73. The number of amides is 1. The summed E-state index contributed by atoms with van der Waals surface area (Å²) in [4.78, 5) is 17.2. The van der Waals surface area contributed by atoms with Gasteiger partial charge in [-0.15, -0.1) is 0 Å². The van der Waals surface area contributed by atoms with Crippen LogP contribution < -0.4 is 10.8 Å². The monoisotopic (exact) mass is 453 g/mol. The third kappa shape index (κ3) is 4.05. The molecule has 9 heteroatoms. The Labute approximate surface area is 189 Å². The van der Waals surface area contributed by atoms with Gasteiger partial charge in [0, 0.05) is 29.3 Å². The molecule has 0 saturated carbocycles. The molecule has 0 aliphatic carbocycles. The van der Waals surface area contributed by atoms with E-state index >= 15 is 0 Å². The average Bonchev–Trinajstić information content (AvgIpc) is 3.27. The van der Waals surface area contributed by atoms with E-state index in [1.54, 1.807) is 53.4 Å². The number of rotatable bonds is 5. The van der Waals surface area contributed by atoms with E-state index in [4.69, 9.17) is 27.9 Å². The molecule has 2 heterocycles. The highest BCUT2D eigenvalue weighted by atomic mass is 35.5. The topological polar surface area (TPSA) is 75.9 Å². The van der Waals surface area contributed by atoms with Crippen LogP contribution in [0.4, 0.5) is 11.5 Å². The maximum atomic E-state index is 12.8. The zero-order valence-corrected chi connectivity index (χ0v) is 18.1. The lowest BCUT2D eigenvalue weighted by atomic mass is 9.79. The Bertz CT molecular complexity index is 1220. The second-order valence-corrected chi connectivity index (χ2v) is 7.69. The number of aliphatic imine (C=N–C) groups is 1. The Kier molecular flexibility index (Phi) is 6.02. The van der Waals surface area contributed by atoms with Crippen LogP contribution in [-0.4, -0.2) is 28.8 Å². The number of fused-ring (bicyclic) bond motifs is 1. The second-order valence-electron chi connectivity index (χ2n) is 6.87. The van der Waals surface area contributed by atoms with Crippen molar-refractivity contribution in [1.82, 2.24) is 4.57 Å². The van der Waals surface area contributed by atoms with Crippen LogP contribution in [0.15, 0.2) is 54.2 Å². The van der Waals surface area contributed by atoms with Crippen molar-refractivity contribution in [3.8, 4) is 5.69 Å². The van der Waals surface area contributed by atoms with Crippen molar-refractivity contribution in [3.05, 3.63) is 75.9 Å². The molecule has 6 nitrogen and oxygen atoms in total. The van der Waals surface area contributed by atoms with Gasteiger partial charge >= 0.3 is 7.12 Å². The van der Waals surface area contributed by atoms with Crippen LogP contribution in [0.1, 0.15) is 28.4 Å². The molecule has 4 rings (SSSR count). The normalized spacial score (nSPS) is 13.0. The molecule has 1 aromatic heterocycles. The molecule has 0 radical (unpaired) electrons. The fourth-order valence-electron chi connectivity index (χ4n) is 3.45. The van der Waals surface area contributed by atoms with E-state index in [1.165, 1.54) is 0 Å². The summed E-state index contributed by atoms with van der Waals surface area (Å²) in [6.07, 6.45) is 5.03. The van der Waals surface area contributed by atoms with E-state index in [0.29, 0.717) is 45.4 Å². The zero-order chi connectivity index (χ0) is 22.1. The molecule has 0 fully saturated rings. The number of carbonyl (C=O) groups excluding carboxylic acids is 1. The number of benzene rings is 2. The fourth-order valence-corrected chi connectivity index (χ4v) is 3.97. The molecule has 1 aliphatic heterocycles. The Morgan fingerprint density at radius 1 is 1.29 bits per heavy atom. The van der Waals surface area contributed by atoms with Gasteiger partial charge in [-0.05, 0) is 48.3 Å². The smallest absolute Gasteiger partial charge is 0.423 e. The van der Waals surface area contributed by atoms with Gasteiger partial charge in [0.25, 0.3) is 5.91 Å². The molecule has 0 bridgehead atoms. The molecule has 2 N–H and O–H groups in total. The molecular weight excluding hydrogens is 436 g/mol. The third-order valence-corrected chi connectivity index (χ3v) is 5.58. The van der Waals surface area contributed by atoms with Crippen LogP contribution >= 0.6 is 23.2 Å². The van der Waals surface area contributed by atoms with Gasteiger partial charge in [-0.25, -0.2) is 4.99 Å². The van der Waals surface area contributed by atoms with Crippen molar-refractivity contribution >= 4 is 65.5 Å². The number of nitrogens with one attached hydrogen (secondary N) is 1. The van der Waals surface area contributed by atoms with Crippen molar-refractivity contribution in [1.29, 1.82) is 0 Å². The summed E-state index contributed by atoms with van der Waals surface area (Å²) >= 11 is 12.7. The third-order valence-electron chi connectivity index (χ3n) is 4.97. The minimum Gasteiger partial charge on any atom is -0.423 e. The summed E-state index contributed by atoms with van der Waals surface area (Å²) in [5.74, 6) is 0.253.